The summed E-state index contributed by atoms with van der Waals surface area (Å²) in [6.45, 7) is 6.52. The van der Waals surface area contributed by atoms with Gasteiger partial charge in [0, 0.05) is 24.8 Å². The van der Waals surface area contributed by atoms with Crippen molar-refractivity contribution in [3.05, 3.63) is 52.3 Å². The number of primary amides is 1. The van der Waals surface area contributed by atoms with E-state index in [1.54, 1.807) is 15.8 Å². The van der Waals surface area contributed by atoms with Crippen LogP contribution in [0.4, 0.5) is 23.8 Å². The third-order valence-corrected chi connectivity index (χ3v) is 7.04. The van der Waals surface area contributed by atoms with Gasteiger partial charge in [-0.1, -0.05) is 17.7 Å². The zero-order chi connectivity index (χ0) is 30.1. The summed E-state index contributed by atoms with van der Waals surface area (Å²) in [7, 11) is 0. The number of halogens is 4. The largest absolute Gasteiger partial charge is 0.444 e. The molecule has 41 heavy (non-hydrogen) atoms. The first kappa shape index (κ1) is 30.2. The van der Waals surface area contributed by atoms with Crippen molar-refractivity contribution < 1.29 is 27.5 Å². The van der Waals surface area contributed by atoms with Crippen LogP contribution in [0, 0.1) is 0 Å². The molecule has 10 nitrogen and oxygen atoms in total. The van der Waals surface area contributed by atoms with Crippen molar-refractivity contribution in [1.82, 2.24) is 24.5 Å². The minimum Gasteiger partial charge on any atom is -0.444 e. The van der Waals surface area contributed by atoms with Crippen molar-refractivity contribution in [2.45, 2.75) is 70.8 Å². The number of aromatic nitrogens is 4. The Hall–Kier alpha value is -3.74. The first-order chi connectivity index (χ1) is 19.1. The van der Waals surface area contributed by atoms with Gasteiger partial charge >= 0.3 is 12.3 Å². The van der Waals surface area contributed by atoms with E-state index >= 15 is 0 Å². The second-order valence-electron chi connectivity index (χ2n) is 11.1. The van der Waals surface area contributed by atoms with Crippen molar-refractivity contribution in [3.63, 3.8) is 0 Å². The van der Waals surface area contributed by atoms with Crippen LogP contribution in [0.3, 0.4) is 0 Å². The molecule has 1 aliphatic heterocycles. The molecule has 3 aromatic rings. The predicted molar refractivity (Wildman–Crippen MR) is 147 cm³/mol. The van der Waals surface area contributed by atoms with Crippen LogP contribution in [0.1, 0.15) is 74.0 Å². The first-order valence-corrected chi connectivity index (χ1v) is 13.6. The molecule has 2 aromatic heterocycles. The number of alkyl halides is 3. The minimum absolute atomic E-state index is 0.0269. The lowest BCUT2D eigenvalue weighted by molar-refractivity contribution is -0.137. The Bertz CT molecular complexity index is 1420. The molecule has 0 atom stereocenters. The summed E-state index contributed by atoms with van der Waals surface area (Å²) in [6, 6.07) is 3.52. The lowest BCUT2D eigenvalue weighted by Crippen LogP contribution is -2.39. The Morgan fingerprint density at radius 1 is 1.15 bits per heavy atom. The second-order valence-corrected chi connectivity index (χ2v) is 11.5. The topological polar surface area (TPSA) is 134 Å². The van der Waals surface area contributed by atoms with Gasteiger partial charge in [0.05, 0.1) is 29.4 Å². The highest BCUT2D eigenvalue weighted by atomic mass is 35.5. The molecule has 1 aromatic carbocycles. The van der Waals surface area contributed by atoms with E-state index in [0.29, 0.717) is 49.9 Å². The van der Waals surface area contributed by atoms with Crippen LogP contribution >= 0.6 is 11.6 Å². The lowest BCUT2D eigenvalue weighted by atomic mass is 10.0. The molecule has 0 spiro atoms. The smallest absolute Gasteiger partial charge is 0.417 e. The Morgan fingerprint density at radius 2 is 1.80 bits per heavy atom. The number of ether oxygens (including phenoxy) is 1. The van der Waals surface area contributed by atoms with Crippen LogP contribution in [-0.4, -0.2) is 55.2 Å². The number of carbonyl (C=O) groups excluding carboxylic acids is 2. The number of carbonyl (C=O) groups is 2. The molecule has 0 aliphatic carbocycles. The monoisotopic (exact) mass is 595 g/mol. The normalized spacial score (nSPS) is 15.4. The molecular formula is C27H33ClF3N7O3. The number of hydrogen-bond acceptors (Lipinski definition) is 6. The fourth-order valence-electron chi connectivity index (χ4n) is 4.86. The molecule has 2 amide bonds. The summed E-state index contributed by atoms with van der Waals surface area (Å²) in [5, 5.41) is 8.50. The van der Waals surface area contributed by atoms with Crippen LogP contribution in [0.2, 0.25) is 5.02 Å². The number of benzene rings is 1. The number of hydrogen-bond donors (Lipinski definition) is 2. The maximum atomic E-state index is 13.3. The second kappa shape index (κ2) is 11.6. The van der Waals surface area contributed by atoms with E-state index in [0.717, 1.165) is 6.07 Å². The van der Waals surface area contributed by atoms with Gasteiger partial charge in [-0.3, -0.25) is 9.48 Å². The van der Waals surface area contributed by atoms with E-state index in [2.05, 4.69) is 10.2 Å². The highest BCUT2D eigenvalue weighted by Crippen LogP contribution is 2.36. The number of nitrogen functional groups attached to an aromatic ring is 1. The third kappa shape index (κ3) is 7.13. The number of nitrogens with two attached hydrogens (primary N) is 2. The van der Waals surface area contributed by atoms with Gasteiger partial charge in [-0.05, 0) is 64.2 Å². The van der Waals surface area contributed by atoms with Crippen LogP contribution < -0.4 is 11.5 Å². The first-order valence-electron chi connectivity index (χ1n) is 13.2. The predicted octanol–water partition coefficient (Wildman–Crippen LogP) is 5.50. The summed E-state index contributed by atoms with van der Waals surface area (Å²) in [5.41, 5.74) is 11.6. The molecule has 0 radical (unpaired) electrons. The third-order valence-electron chi connectivity index (χ3n) is 6.71. The fourth-order valence-corrected chi connectivity index (χ4v) is 5.09. The molecule has 4 N–H and O–H groups in total. The Balaban J connectivity index is 1.53. The quantitative estimate of drug-likeness (QED) is 0.400. The zero-order valence-corrected chi connectivity index (χ0v) is 23.8. The van der Waals surface area contributed by atoms with Crippen molar-refractivity contribution in [2.24, 2.45) is 5.73 Å². The summed E-state index contributed by atoms with van der Waals surface area (Å²) in [6.07, 6.45) is 0.729. The molecule has 14 heteroatoms. The van der Waals surface area contributed by atoms with E-state index in [4.69, 9.17) is 27.8 Å². The molecule has 222 valence electrons. The summed E-state index contributed by atoms with van der Waals surface area (Å²) >= 11 is 5.73. The number of anilines is 1. The molecule has 1 saturated heterocycles. The maximum absolute atomic E-state index is 13.3. The Kier molecular flexibility index (Phi) is 8.57. The van der Waals surface area contributed by atoms with Crippen molar-refractivity contribution >= 4 is 29.4 Å². The summed E-state index contributed by atoms with van der Waals surface area (Å²) < 4.78 is 48.3. The zero-order valence-electron chi connectivity index (χ0n) is 23.0. The molecule has 1 aliphatic rings. The molecule has 1 fully saturated rings. The van der Waals surface area contributed by atoms with Gasteiger partial charge in [-0.25, -0.2) is 9.48 Å². The van der Waals surface area contributed by atoms with Crippen molar-refractivity contribution in [3.8, 4) is 11.3 Å². The van der Waals surface area contributed by atoms with Crippen LogP contribution in [-0.2, 0) is 17.5 Å². The van der Waals surface area contributed by atoms with E-state index in [-0.39, 0.29) is 40.8 Å². The van der Waals surface area contributed by atoms with Gasteiger partial charge in [-0.2, -0.15) is 23.4 Å². The van der Waals surface area contributed by atoms with E-state index in [1.807, 2.05) is 20.8 Å². The van der Waals surface area contributed by atoms with E-state index in [9.17, 15) is 22.8 Å². The van der Waals surface area contributed by atoms with Crippen molar-refractivity contribution in [2.75, 3.05) is 18.8 Å². The van der Waals surface area contributed by atoms with Gasteiger partial charge in [0.15, 0.2) is 0 Å². The molecule has 0 bridgehead atoms. The van der Waals surface area contributed by atoms with Gasteiger partial charge in [0.25, 0.3) is 5.91 Å². The van der Waals surface area contributed by atoms with Gasteiger partial charge in [-0.15, -0.1) is 0 Å². The fraction of sp³-hybridized carbons (Fsp3) is 0.481. The summed E-state index contributed by atoms with van der Waals surface area (Å²) in [4.78, 5) is 26.6. The van der Waals surface area contributed by atoms with Crippen LogP contribution in [0.5, 0.6) is 0 Å². The molecule has 0 unspecified atom stereocenters. The SMILES string of the molecule is CC(C)(C)OC(=O)N1CCCC(n2nc(-c3cnn(Cc4ccc(Cl)c(C(F)(F)F)c4)c3)c(C(N)=O)c2N)CCC1. The highest BCUT2D eigenvalue weighted by Gasteiger charge is 2.33. The Morgan fingerprint density at radius 3 is 2.39 bits per heavy atom. The standard InChI is InChI=1S/C27H33ClF3N7O3/c1-26(2,3)41-25(40)36-10-4-6-18(7-5-11-36)38-23(32)21(24(33)39)22(35-38)17-13-34-37(15-17)14-16-8-9-20(28)19(12-16)27(29,30)31/h8-9,12-13,15,18H,4-7,10-11,14,32H2,1-3H3,(H2,33,39). The van der Waals surface area contributed by atoms with Crippen LogP contribution in [0.15, 0.2) is 30.6 Å². The average molecular weight is 596 g/mol. The van der Waals surface area contributed by atoms with Gasteiger partial charge < -0.3 is 21.1 Å². The Labute approximate surface area is 240 Å². The number of nitrogens with zero attached hydrogens (tertiary/aromatic N) is 5. The van der Waals surface area contributed by atoms with E-state index < -0.39 is 23.2 Å². The van der Waals surface area contributed by atoms with Crippen molar-refractivity contribution in [1.29, 1.82) is 0 Å². The number of rotatable bonds is 5. The molecule has 3 heterocycles. The van der Waals surface area contributed by atoms with Gasteiger partial charge in [0.1, 0.15) is 22.7 Å². The number of amides is 2. The maximum Gasteiger partial charge on any atom is 0.417 e. The summed E-state index contributed by atoms with van der Waals surface area (Å²) in [5.74, 6) is -0.631. The molecular weight excluding hydrogens is 563 g/mol. The molecule has 0 saturated carbocycles. The van der Waals surface area contributed by atoms with Crippen LogP contribution in [0.25, 0.3) is 11.3 Å². The lowest BCUT2D eigenvalue weighted by Gasteiger charge is -2.30. The molecule has 4 rings (SSSR count). The van der Waals surface area contributed by atoms with E-state index in [1.165, 1.54) is 23.0 Å². The number of likely N-dealkylation sites (tertiary alicyclic amines) is 1. The minimum atomic E-state index is -4.59. The van der Waals surface area contributed by atoms with Gasteiger partial charge in [0.2, 0.25) is 0 Å². The average Bonchev–Trinajstić information content (AvgIpc) is 3.42. The highest BCUT2D eigenvalue weighted by molar-refractivity contribution is 6.31.